The van der Waals surface area contributed by atoms with Crippen molar-refractivity contribution >= 4 is 27.3 Å². The van der Waals surface area contributed by atoms with Gasteiger partial charge in [-0.25, -0.2) is 17.2 Å². The number of carbonyl (C=O) groups excluding carboxylic acids is 1. The summed E-state index contributed by atoms with van der Waals surface area (Å²) in [6.07, 6.45) is 0.0114. The number of hydrogen-bond donors (Lipinski definition) is 2. The van der Waals surface area contributed by atoms with E-state index in [0.29, 0.717) is 24.3 Å². The minimum Gasteiger partial charge on any atom is -0.325 e. The molecule has 1 unspecified atom stereocenters. The van der Waals surface area contributed by atoms with E-state index in [-0.39, 0.29) is 5.75 Å². The molecule has 0 aliphatic carbocycles. The summed E-state index contributed by atoms with van der Waals surface area (Å²) in [5, 5.41) is 5.08. The third kappa shape index (κ3) is 3.36. The van der Waals surface area contributed by atoms with Crippen LogP contribution in [0.5, 0.6) is 0 Å². The zero-order valence-corrected chi connectivity index (χ0v) is 14.0. The highest BCUT2D eigenvalue weighted by Crippen LogP contribution is 2.31. The molecular formula is C15H19F2N3O3S. The SMILES string of the molecule is Cc1ccc(NC(=O)C2CC(F)(F)CN2)cc1N1CCCS1(=O)=O. The summed E-state index contributed by atoms with van der Waals surface area (Å²) in [5.41, 5.74) is 1.67. The molecule has 9 heteroatoms. The van der Waals surface area contributed by atoms with E-state index in [2.05, 4.69) is 10.6 Å². The number of sulfonamides is 1. The smallest absolute Gasteiger partial charge is 0.262 e. The molecule has 6 nitrogen and oxygen atoms in total. The van der Waals surface area contributed by atoms with Crippen LogP contribution in [-0.2, 0) is 14.8 Å². The number of anilines is 2. The number of rotatable bonds is 3. The van der Waals surface area contributed by atoms with Gasteiger partial charge >= 0.3 is 0 Å². The van der Waals surface area contributed by atoms with Crippen LogP contribution in [0.15, 0.2) is 18.2 Å². The lowest BCUT2D eigenvalue weighted by atomic mass is 10.1. The largest absolute Gasteiger partial charge is 0.325 e. The minimum absolute atomic E-state index is 0.101. The van der Waals surface area contributed by atoms with Gasteiger partial charge < -0.3 is 5.32 Å². The van der Waals surface area contributed by atoms with Gasteiger partial charge in [0.05, 0.1) is 24.0 Å². The number of alkyl halides is 2. The van der Waals surface area contributed by atoms with E-state index in [0.717, 1.165) is 5.56 Å². The summed E-state index contributed by atoms with van der Waals surface area (Å²) in [7, 11) is -3.33. The topological polar surface area (TPSA) is 78.5 Å². The molecule has 0 spiro atoms. The first-order valence-electron chi connectivity index (χ1n) is 7.71. The number of nitrogens with zero attached hydrogens (tertiary/aromatic N) is 1. The summed E-state index contributed by atoms with van der Waals surface area (Å²) in [5.74, 6) is -3.33. The van der Waals surface area contributed by atoms with Gasteiger partial charge in [0.25, 0.3) is 5.92 Å². The van der Waals surface area contributed by atoms with Crippen LogP contribution in [0.1, 0.15) is 18.4 Å². The van der Waals surface area contributed by atoms with Gasteiger partial charge in [-0.1, -0.05) is 6.07 Å². The zero-order valence-electron chi connectivity index (χ0n) is 13.2. The molecule has 2 aliphatic heterocycles. The highest BCUT2D eigenvalue weighted by molar-refractivity contribution is 7.93. The van der Waals surface area contributed by atoms with Crippen LogP contribution in [-0.4, -0.2) is 45.1 Å². The standard InChI is InChI=1S/C15H19F2N3O3S/c1-10-3-4-11(7-13(10)20-5-2-6-24(20,22)23)19-14(21)12-8-15(16,17)9-18-12/h3-4,7,12,18H,2,5-6,8-9H2,1H3,(H,19,21). The molecule has 2 heterocycles. The Kier molecular flexibility index (Phi) is 4.25. The van der Waals surface area contributed by atoms with E-state index in [1.165, 1.54) is 4.31 Å². The molecule has 132 valence electrons. The van der Waals surface area contributed by atoms with Gasteiger partial charge in [-0.05, 0) is 31.0 Å². The van der Waals surface area contributed by atoms with Crippen LogP contribution in [0.4, 0.5) is 20.2 Å². The van der Waals surface area contributed by atoms with E-state index in [1.807, 2.05) is 0 Å². The summed E-state index contributed by atoms with van der Waals surface area (Å²) < 4.78 is 51.9. The molecule has 0 bridgehead atoms. The molecule has 0 saturated carbocycles. The molecule has 1 amide bonds. The molecule has 1 atom stereocenters. The van der Waals surface area contributed by atoms with Gasteiger partial charge in [0, 0.05) is 18.7 Å². The molecule has 2 aliphatic rings. The van der Waals surface area contributed by atoms with Crippen molar-refractivity contribution in [2.24, 2.45) is 0 Å². The maximum Gasteiger partial charge on any atom is 0.262 e. The Bertz CT molecular complexity index is 767. The Morgan fingerprint density at radius 1 is 1.42 bits per heavy atom. The molecule has 1 aromatic rings. The Morgan fingerprint density at radius 3 is 2.75 bits per heavy atom. The van der Waals surface area contributed by atoms with Crippen LogP contribution in [0.2, 0.25) is 0 Å². The highest BCUT2D eigenvalue weighted by Gasteiger charge is 2.42. The van der Waals surface area contributed by atoms with E-state index < -0.39 is 40.9 Å². The molecule has 1 aromatic carbocycles. The maximum absolute atomic E-state index is 13.2. The zero-order chi connectivity index (χ0) is 17.5. The van der Waals surface area contributed by atoms with Crippen LogP contribution < -0.4 is 14.9 Å². The van der Waals surface area contributed by atoms with Crippen LogP contribution >= 0.6 is 0 Å². The number of aryl methyl sites for hydroxylation is 1. The monoisotopic (exact) mass is 359 g/mol. The normalized spacial score (nSPS) is 25.0. The lowest BCUT2D eigenvalue weighted by Crippen LogP contribution is -2.35. The number of nitrogens with one attached hydrogen (secondary N) is 2. The number of amides is 1. The van der Waals surface area contributed by atoms with Crippen molar-refractivity contribution in [3.63, 3.8) is 0 Å². The first-order valence-corrected chi connectivity index (χ1v) is 9.32. The third-order valence-electron chi connectivity index (χ3n) is 4.27. The van der Waals surface area contributed by atoms with Crippen LogP contribution in [0.25, 0.3) is 0 Å². The Morgan fingerprint density at radius 2 is 2.17 bits per heavy atom. The van der Waals surface area contributed by atoms with Crippen molar-refractivity contribution in [2.45, 2.75) is 31.7 Å². The summed E-state index contributed by atoms with van der Waals surface area (Å²) in [6.45, 7) is 1.67. The van der Waals surface area contributed by atoms with Crippen molar-refractivity contribution in [1.82, 2.24) is 5.32 Å². The lowest BCUT2D eigenvalue weighted by Gasteiger charge is -2.20. The van der Waals surface area contributed by atoms with Crippen LogP contribution in [0, 0.1) is 6.92 Å². The number of halogens is 2. The van der Waals surface area contributed by atoms with Gasteiger partial charge in [-0.3, -0.25) is 14.4 Å². The molecule has 2 fully saturated rings. The fourth-order valence-electron chi connectivity index (χ4n) is 3.00. The fraction of sp³-hybridized carbons (Fsp3) is 0.533. The first kappa shape index (κ1) is 17.1. The second-order valence-electron chi connectivity index (χ2n) is 6.23. The summed E-state index contributed by atoms with van der Waals surface area (Å²) in [6, 6.07) is 3.95. The van der Waals surface area contributed by atoms with Gasteiger partial charge in [-0.2, -0.15) is 0 Å². The quantitative estimate of drug-likeness (QED) is 0.857. The Labute approximate surface area is 139 Å². The predicted octanol–water partition coefficient (Wildman–Crippen LogP) is 1.47. The second kappa shape index (κ2) is 5.96. The average molecular weight is 359 g/mol. The van der Waals surface area contributed by atoms with Crippen molar-refractivity contribution < 1.29 is 22.0 Å². The Hall–Kier alpha value is -1.74. The number of carbonyl (C=O) groups is 1. The van der Waals surface area contributed by atoms with E-state index in [4.69, 9.17) is 0 Å². The molecule has 0 aromatic heterocycles. The lowest BCUT2D eigenvalue weighted by molar-refractivity contribution is -0.118. The molecule has 24 heavy (non-hydrogen) atoms. The van der Waals surface area contributed by atoms with Gasteiger partial charge in [0.15, 0.2) is 0 Å². The average Bonchev–Trinajstić information content (AvgIpc) is 3.02. The second-order valence-corrected chi connectivity index (χ2v) is 8.24. The molecular weight excluding hydrogens is 340 g/mol. The van der Waals surface area contributed by atoms with E-state index in [1.54, 1.807) is 25.1 Å². The van der Waals surface area contributed by atoms with Crippen LogP contribution in [0.3, 0.4) is 0 Å². The first-order chi connectivity index (χ1) is 11.2. The van der Waals surface area contributed by atoms with E-state index in [9.17, 15) is 22.0 Å². The molecule has 2 saturated heterocycles. The van der Waals surface area contributed by atoms with Crippen molar-refractivity contribution in [3.8, 4) is 0 Å². The fourth-order valence-corrected chi connectivity index (χ4v) is 4.61. The minimum atomic E-state index is -3.33. The summed E-state index contributed by atoms with van der Waals surface area (Å²) >= 11 is 0. The Balaban J connectivity index is 1.78. The van der Waals surface area contributed by atoms with Gasteiger partial charge in [-0.15, -0.1) is 0 Å². The van der Waals surface area contributed by atoms with Crippen molar-refractivity contribution in [3.05, 3.63) is 23.8 Å². The van der Waals surface area contributed by atoms with Crippen molar-refractivity contribution in [1.29, 1.82) is 0 Å². The van der Waals surface area contributed by atoms with Gasteiger partial charge in [0.1, 0.15) is 0 Å². The number of hydrogen-bond acceptors (Lipinski definition) is 4. The summed E-state index contributed by atoms with van der Waals surface area (Å²) in [4.78, 5) is 12.1. The maximum atomic E-state index is 13.2. The molecule has 3 rings (SSSR count). The van der Waals surface area contributed by atoms with E-state index >= 15 is 0 Å². The number of benzene rings is 1. The highest BCUT2D eigenvalue weighted by atomic mass is 32.2. The molecule has 0 radical (unpaired) electrons. The van der Waals surface area contributed by atoms with Gasteiger partial charge in [0.2, 0.25) is 15.9 Å². The molecule has 2 N–H and O–H groups in total. The third-order valence-corrected chi connectivity index (χ3v) is 6.13. The predicted molar refractivity (Wildman–Crippen MR) is 86.9 cm³/mol. The van der Waals surface area contributed by atoms with Crippen molar-refractivity contribution in [2.75, 3.05) is 28.5 Å².